The van der Waals surface area contributed by atoms with Crippen LogP contribution in [0.2, 0.25) is 0 Å². The summed E-state index contributed by atoms with van der Waals surface area (Å²) in [6, 6.07) is 11.1. The molecule has 0 unspecified atom stereocenters. The first-order valence-electron chi connectivity index (χ1n) is 11.8. The van der Waals surface area contributed by atoms with Gasteiger partial charge in [-0.3, -0.25) is 9.69 Å². The summed E-state index contributed by atoms with van der Waals surface area (Å²) in [4.78, 5) is 22.6. The second-order valence-corrected chi connectivity index (χ2v) is 8.84. The first-order chi connectivity index (χ1) is 16.6. The molecule has 1 amide bonds. The third-order valence-corrected chi connectivity index (χ3v) is 6.85. The smallest absolute Gasteiger partial charge is 0.260 e. The number of hydrogen-bond donors (Lipinski definition) is 0. The van der Waals surface area contributed by atoms with Crippen LogP contribution in [0.1, 0.15) is 44.0 Å². The summed E-state index contributed by atoms with van der Waals surface area (Å²) in [6.07, 6.45) is 2.03. The number of anilines is 1. The van der Waals surface area contributed by atoms with Crippen LogP contribution in [0.15, 0.2) is 36.4 Å². The molecule has 1 aromatic heterocycles. The number of aromatic nitrogens is 1. The van der Waals surface area contributed by atoms with Gasteiger partial charge in [0.15, 0.2) is 5.13 Å². The van der Waals surface area contributed by atoms with Crippen molar-refractivity contribution >= 4 is 45.0 Å². The number of rotatable bonds is 13. The van der Waals surface area contributed by atoms with Gasteiger partial charge in [-0.2, -0.15) is 0 Å². The van der Waals surface area contributed by atoms with E-state index in [0.29, 0.717) is 46.6 Å². The summed E-state index contributed by atoms with van der Waals surface area (Å²) in [5, 5.41) is 0.618. The molecule has 0 radical (unpaired) electrons. The number of ether oxygens (including phenoxy) is 3. The Labute approximate surface area is 218 Å². The molecule has 0 aliphatic rings. The zero-order valence-electron chi connectivity index (χ0n) is 21.2. The maximum atomic E-state index is 13.8. The third-order valence-electron chi connectivity index (χ3n) is 5.76. The van der Waals surface area contributed by atoms with Gasteiger partial charge in [0.1, 0.15) is 27.5 Å². The molecule has 7 nitrogen and oxygen atoms in total. The van der Waals surface area contributed by atoms with Crippen molar-refractivity contribution in [1.82, 2.24) is 9.88 Å². The molecular formula is C26H36ClN3O4S. The number of nitrogens with zero attached hydrogens (tertiary/aromatic N) is 3. The van der Waals surface area contributed by atoms with Crippen molar-refractivity contribution in [2.24, 2.45) is 0 Å². The van der Waals surface area contributed by atoms with E-state index in [1.165, 1.54) is 11.3 Å². The van der Waals surface area contributed by atoms with Crippen LogP contribution >= 0.6 is 23.7 Å². The number of likely N-dealkylation sites (N-methyl/N-ethyl adjacent to an activating group) is 1. The van der Waals surface area contributed by atoms with E-state index < -0.39 is 0 Å². The van der Waals surface area contributed by atoms with Crippen molar-refractivity contribution < 1.29 is 19.0 Å². The van der Waals surface area contributed by atoms with Gasteiger partial charge in [-0.25, -0.2) is 4.98 Å². The molecule has 3 rings (SSSR count). The fourth-order valence-corrected chi connectivity index (χ4v) is 4.76. The molecule has 9 heteroatoms. The van der Waals surface area contributed by atoms with E-state index in [4.69, 9.17) is 19.2 Å². The van der Waals surface area contributed by atoms with E-state index in [2.05, 4.69) is 25.7 Å². The maximum absolute atomic E-state index is 13.8. The SMILES string of the molecule is CCCCOc1cccc(C(=O)N(CCN(CC)CC)c2nc3c(OC)ccc(OC)c3s2)c1.Cl. The molecule has 0 saturated heterocycles. The average molecular weight is 522 g/mol. The Bertz CT molecular complexity index is 1050. The number of thiazole rings is 1. The predicted octanol–water partition coefficient (Wildman–Crippen LogP) is 5.90. The van der Waals surface area contributed by atoms with Crippen LogP contribution in [0.25, 0.3) is 10.2 Å². The Morgan fingerprint density at radius 3 is 2.37 bits per heavy atom. The van der Waals surface area contributed by atoms with Crippen molar-refractivity contribution in [3.05, 3.63) is 42.0 Å². The number of amides is 1. The van der Waals surface area contributed by atoms with Crippen LogP contribution in [0.3, 0.4) is 0 Å². The molecule has 1 heterocycles. The van der Waals surface area contributed by atoms with Crippen molar-refractivity contribution in [1.29, 1.82) is 0 Å². The van der Waals surface area contributed by atoms with Gasteiger partial charge in [0.25, 0.3) is 5.91 Å². The third kappa shape index (κ3) is 6.99. The highest BCUT2D eigenvalue weighted by Gasteiger charge is 2.24. The highest BCUT2D eigenvalue weighted by molar-refractivity contribution is 7.22. The molecule has 0 aliphatic carbocycles. The number of carbonyl (C=O) groups is 1. The van der Waals surface area contributed by atoms with Crippen LogP contribution in [0, 0.1) is 0 Å². The topological polar surface area (TPSA) is 64.1 Å². The Kier molecular flexibility index (Phi) is 11.6. The number of fused-ring (bicyclic) bond motifs is 1. The highest BCUT2D eigenvalue weighted by atomic mass is 35.5. The number of unbranched alkanes of at least 4 members (excludes halogenated alkanes) is 1. The molecule has 3 aromatic rings. The molecule has 0 N–H and O–H groups in total. The maximum Gasteiger partial charge on any atom is 0.260 e. The lowest BCUT2D eigenvalue weighted by Gasteiger charge is -2.25. The van der Waals surface area contributed by atoms with E-state index in [1.54, 1.807) is 19.1 Å². The summed E-state index contributed by atoms with van der Waals surface area (Å²) in [6.45, 7) is 10.1. The second kappa shape index (κ2) is 14.1. The van der Waals surface area contributed by atoms with Crippen LogP contribution < -0.4 is 19.1 Å². The molecule has 35 heavy (non-hydrogen) atoms. The molecule has 0 atom stereocenters. The summed E-state index contributed by atoms with van der Waals surface area (Å²) < 4.78 is 17.8. The van der Waals surface area contributed by atoms with E-state index >= 15 is 0 Å². The fourth-order valence-electron chi connectivity index (χ4n) is 3.66. The number of hydrogen-bond acceptors (Lipinski definition) is 7. The highest BCUT2D eigenvalue weighted by Crippen LogP contribution is 2.40. The monoisotopic (exact) mass is 521 g/mol. The van der Waals surface area contributed by atoms with Crippen LogP contribution in [-0.4, -0.2) is 62.8 Å². The van der Waals surface area contributed by atoms with Gasteiger partial charge in [0, 0.05) is 18.7 Å². The normalized spacial score (nSPS) is 10.8. The lowest BCUT2D eigenvalue weighted by atomic mass is 10.2. The zero-order chi connectivity index (χ0) is 24.5. The minimum Gasteiger partial charge on any atom is -0.495 e. The van der Waals surface area contributed by atoms with Gasteiger partial charge in [-0.1, -0.05) is 44.6 Å². The first kappa shape index (κ1) is 28.7. The summed E-state index contributed by atoms with van der Waals surface area (Å²) in [5.41, 5.74) is 1.27. The molecular weight excluding hydrogens is 486 g/mol. The molecule has 0 saturated carbocycles. The quantitative estimate of drug-likeness (QED) is 0.261. The van der Waals surface area contributed by atoms with Crippen molar-refractivity contribution in [2.75, 3.05) is 51.9 Å². The van der Waals surface area contributed by atoms with Crippen LogP contribution in [0.4, 0.5) is 5.13 Å². The summed E-state index contributed by atoms with van der Waals surface area (Å²) in [7, 11) is 3.25. The van der Waals surface area contributed by atoms with Gasteiger partial charge in [-0.05, 0) is 49.8 Å². The molecule has 192 valence electrons. The molecule has 0 spiro atoms. The van der Waals surface area contributed by atoms with E-state index in [-0.39, 0.29) is 18.3 Å². The van der Waals surface area contributed by atoms with E-state index in [0.717, 1.165) is 37.2 Å². The number of halogens is 1. The van der Waals surface area contributed by atoms with E-state index in [1.807, 2.05) is 36.4 Å². The van der Waals surface area contributed by atoms with Gasteiger partial charge < -0.3 is 19.1 Å². The predicted molar refractivity (Wildman–Crippen MR) is 146 cm³/mol. The molecule has 0 bridgehead atoms. The molecule has 2 aromatic carbocycles. The van der Waals surface area contributed by atoms with Crippen molar-refractivity contribution in [3.8, 4) is 17.2 Å². The Morgan fingerprint density at radius 2 is 1.71 bits per heavy atom. The van der Waals surface area contributed by atoms with Gasteiger partial charge in [0.2, 0.25) is 0 Å². The second-order valence-electron chi connectivity index (χ2n) is 7.86. The zero-order valence-corrected chi connectivity index (χ0v) is 22.8. The number of carbonyl (C=O) groups excluding carboxylic acids is 1. The standard InChI is InChI=1S/C26H35N3O4S.ClH/c1-6-9-17-33-20-12-10-11-19(18-20)25(30)29(16-15-28(7-2)8-3)26-27-23-21(31-4)13-14-22(32-5)24(23)34-26;/h10-14,18H,6-9,15-17H2,1-5H3;1H. The molecule has 0 aliphatic heterocycles. The summed E-state index contributed by atoms with van der Waals surface area (Å²) >= 11 is 1.44. The van der Waals surface area contributed by atoms with Gasteiger partial charge in [-0.15, -0.1) is 12.4 Å². The van der Waals surface area contributed by atoms with Gasteiger partial charge >= 0.3 is 0 Å². The fraction of sp³-hybridized carbons (Fsp3) is 0.462. The Morgan fingerprint density at radius 1 is 1.00 bits per heavy atom. The van der Waals surface area contributed by atoms with E-state index in [9.17, 15) is 4.79 Å². The Hall–Kier alpha value is -2.55. The van der Waals surface area contributed by atoms with Crippen LogP contribution in [0.5, 0.6) is 17.2 Å². The first-order valence-corrected chi connectivity index (χ1v) is 12.7. The Balaban J connectivity index is 0.00000432. The van der Waals surface area contributed by atoms with Crippen LogP contribution in [-0.2, 0) is 0 Å². The lowest BCUT2D eigenvalue weighted by molar-refractivity contribution is 0.0983. The average Bonchev–Trinajstić information content (AvgIpc) is 3.31. The minimum atomic E-state index is -0.106. The van der Waals surface area contributed by atoms with Crippen molar-refractivity contribution in [3.63, 3.8) is 0 Å². The summed E-state index contributed by atoms with van der Waals surface area (Å²) in [5.74, 6) is 1.96. The minimum absolute atomic E-state index is 0. The lowest BCUT2D eigenvalue weighted by Crippen LogP contribution is -2.38. The van der Waals surface area contributed by atoms with Gasteiger partial charge in [0.05, 0.1) is 20.8 Å². The molecule has 0 fully saturated rings. The largest absolute Gasteiger partial charge is 0.495 e. The van der Waals surface area contributed by atoms with Crippen molar-refractivity contribution in [2.45, 2.75) is 33.6 Å². The number of methoxy groups -OCH3 is 2. The number of benzene rings is 2.